The van der Waals surface area contributed by atoms with Crippen molar-refractivity contribution >= 4 is 5.91 Å². The number of hydrogen-bond donors (Lipinski definition) is 1. The van der Waals surface area contributed by atoms with Gasteiger partial charge >= 0.3 is 0 Å². The van der Waals surface area contributed by atoms with Gasteiger partial charge in [0.2, 0.25) is 5.91 Å². The molecule has 1 N–H and O–H groups in total. The van der Waals surface area contributed by atoms with Crippen LogP contribution < -0.4 is 14.8 Å². The molecule has 5 nitrogen and oxygen atoms in total. The van der Waals surface area contributed by atoms with Crippen molar-refractivity contribution in [2.24, 2.45) is 0 Å². The molecule has 1 aromatic carbocycles. The van der Waals surface area contributed by atoms with Crippen molar-refractivity contribution in [1.29, 1.82) is 0 Å². The van der Waals surface area contributed by atoms with Gasteiger partial charge in [-0.05, 0) is 19.5 Å². The third-order valence-corrected chi connectivity index (χ3v) is 2.93. The Hall–Kier alpha value is -1.75. The first kappa shape index (κ1) is 16.3. The van der Waals surface area contributed by atoms with Crippen LogP contribution in [-0.4, -0.2) is 45.7 Å². The molecule has 1 amide bonds. The molecule has 0 atom stereocenters. The van der Waals surface area contributed by atoms with Gasteiger partial charge in [0.15, 0.2) is 11.5 Å². The Morgan fingerprint density at radius 3 is 2.70 bits per heavy atom. The van der Waals surface area contributed by atoms with E-state index in [0.717, 1.165) is 17.1 Å². The molecule has 5 heteroatoms. The predicted octanol–water partition coefficient (Wildman–Crippen LogP) is 1.66. The van der Waals surface area contributed by atoms with Gasteiger partial charge in [0.25, 0.3) is 0 Å². The standard InChI is InChI=1S/C15H24N2O3/c1-16-11-12-7-5-8-13(19-4)15(12)20-10-6-9-14(18)17(2)3/h5,7-8,16H,6,9-11H2,1-4H3. The number of methoxy groups -OCH3 is 1. The average Bonchev–Trinajstić information content (AvgIpc) is 2.44. The van der Waals surface area contributed by atoms with Crippen molar-refractivity contribution in [2.75, 3.05) is 34.9 Å². The molecule has 20 heavy (non-hydrogen) atoms. The number of para-hydroxylation sites is 1. The van der Waals surface area contributed by atoms with Crippen LogP contribution in [-0.2, 0) is 11.3 Å². The van der Waals surface area contributed by atoms with Crippen LogP contribution in [0.1, 0.15) is 18.4 Å². The van der Waals surface area contributed by atoms with Crippen LogP contribution in [0.25, 0.3) is 0 Å². The highest BCUT2D eigenvalue weighted by Crippen LogP contribution is 2.31. The van der Waals surface area contributed by atoms with Gasteiger partial charge in [-0.3, -0.25) is 4.79 Å². The van der Waals surface area contributed by atoms with Crippen molar-refractivity contribution in [3.05, 3.63) is 23.8 Å². The fraction of sp³-hybridized carbons (Fsp3) is 0.533. The molecule has 0 saturated heterocycles. The number of ether oxygens (including phenoxy) is 2. The molecule has 0 saturated carbocycles. The van der Waals surface area contributed by atoms with Crippen molar-refractivity contribution in [2.45, 2.75) is 19.4 Å². The zero-order valence-electron chi connectivity index (χ0n) is 12.7. The lowest BCUT2D eigenvalue weighted by Crippen LogP contribution is -2.21. The molecule has 0 aliphatic rings. The Labute approximate surface area is 120 Å². The fourth-order valence-corrected chi connectivity index (χ4v) is 1.84. The molecule has 112 valence electrons. The van der Waals surface area contributed by atoms with Gasteiger partial charge in [-0.15, -0.1) is 0 Å². The summed E-state index contributed by atoms with van der Waals surface area (Å²) in [5.41, 5.74) is 1.05. The van der Waals surface area contributed by atoms with Gasteiger partial charge in [0.05, 0.1) is 13.7 Å². The Bertz CT molecular complexity index is 433. The lowest BCUT2D eigenvalue weighted by Gasteiger charge is -2.15. The lowest BCUT2D eigenvalue weighted by molar-refractivity contribution is -0.128. The topological polar surface area (TPSA) is 50.8 Å². The normalized spacial score (nSPS) is 10.2. The molecule has 0 aliphatic carbocycles. The molecule has 0 heterocycles. The highest BCUT2D eigenvalue weighted by molar-refractivity contribution is 5.75. The average molecular weight is 280 g/mol. The smallest absolute Gasteiger partial charge is 0.222 e. The number of benzene rings is 1. The third kappa shape index (κ3) is 4.74. The van der Waals surface area contributed by atoms with Crippen LogP contribution in [0.5, 0.6) is 11.5 Å². The molecule has 1 aromatic rings. The van der Waals surface area contributed by atoms with Gasteiger partial charge in [-0.2, -0.15) is 0 Å². The molecule has 0 spiro atoms. The Balaban J connectivity index is 2.59. The maximum absolute atomic E-state index is 11.5. The zero-order chi connectivity index (χ0) is 15.0. The summed E-state index contributed by atoms with van der Waals surface area (Å²) in [6.45, 7) is 1.21. The first-order valence-electron chi connectivity index (χ1n) is 6.73. The largest absolute Gasteiger partial charge is 0.493 e. The van der Waals surface area contributed by atoms with E-state index in [4.69, 9.17) is 9.47 Å². The molecule has 0 aliphatic heterocycles. The van der Waals surface area contributed by atoms with Gasteiger partial charge in [0.1, 0.15) is 0 Å². The van der Waals surface area contributed by atoms with Crippen LogP contribution in [0.3, 0.4) is 0 Å². The summed E-state index contributed by atoms with van der Waals surface area (Å²) in [5, 5.41) is 3.10. The molecule has 0 aromatic heterocycles. The highest BCUT2D eigenvalue weighted by Gasteiger charge is 2.10. The van der Waals surface area contributed by atoms with Crippen LogP contribution in [0.2, 0.25) is 0 Å². The minimum atomic E-state index is 0.115. The second-order valence-electron chi connectivity index (χ2n) is 4.72. The quantitative estimate of drug-likeness (QED) is 0.736. The summed E-state index contributed by atoms with van der Waals surface area (Å²) in [6, 6.07) is 5.81. The molecular weight excluding hydrogens is 256 g/mol. The summed E-state index contributed by atoms with van der Waals surface area (Å²) in [6.07, 6.45) is 1.18. The predicted molar refractivity (Wildman–Crippen MR) is 79.2 cm³/mol. The van der Waals surface area contributed by atoms with E-state index in [1.807, 2.05) is 25.2 Å². The van der Waals surface area contributed by atoms with Gasteiger partial charge in [-0.25, -0.2) is 0 Å². The number of amides is 1. The first-order valence-corrected chi connectivity index (χ1v) is 6.73. The monoisotopic (exact) mass is 280 g/mol. The number of nitrogens with one attached hydrogen (secondary N) is 1. The molecule has 0 unspecified atom stereocenters. The molecule has 1 rings (SSSR count). The van der Waals surface area contributed by atoms with Crippen LogP contribution >= 0.6 is 0 Å². The van der Waals surface area contributed by atoms with Crippen molar-refractivity contribution < 1.29 is 14.3 Å². The van der Waals surface area contributed by atoms with Crippen molar-refractivity contribution in [3.8, 4) is 11.5 Å². The summed E-state index contributed by atoms with van der Waals surface area (Å²) in [5.74, 6) is 1.59. The van der Waals surface area contributed by atoms with E-state index >= 15 is 0 Å². The van der Waals surface area contributed by atoms with Crippen LogP contribution in [0, 0.1) is 0 Å². The number of nitrogens with zero attached hydrogens (tertiary/aromatic N) is 1. The maximum Gasteiger partial charge on any atom is 0.222 e. The minimum Gasteiger partial charge on any atom is -0.493 e. The summed E-state index contributed by atoms with van der Waals surface area (Å²) >= 11 is 0. The maximum atomic E-state index is 11.5. The SMILES string of the molecule is CNCc1cccc(OC)c1OCCCC(=O)N(C)C. The second-order valence-corrected chi connectivity index (χ2v) is 4.72. The highest BCUT2D eigenvalue weighted by atomic mass is 16.5. The van der Waals surface area contributed by atoms with E-state index in [0.29, 0.717) is 26.0 Å². The number of hydrogen-bond acceptors (Lipinski definition) is 4. The molecule has 0 fully saturated rings. The molecule has 0 bridgehead atoms. The second kappa shape index (κ2) is 8.43. The van der Waals surface area contributed by atoms with Crippen LogP contribution in [0.15, 0.2) is 18.2 Å². The Morgan fingerprint density at radius 2 is 2.10 bits per heavy atom. The lowest BCUT2D eigenvalue weighted by atomic mass is 10.2. The van der Waals surface area contributed by atoms with Crippen molar-refractivity contribution in [3.63, 3.8) is 0 Å². The molecule has 0 radical (unpaired) electrons. The van der Waals surface area contributed by atoms with E-state index in [1.54, 1.807) is 26.1 Å². The first-order chi connectivity index (χ1) is 9.60. The summed E-state index contributed by atoms with van der Waals surface area (Å²) in [7, 11) is 7.03. The third-order valence-electron chi connectivity index (χ3n) is 2.93. The Kier molecular flexibility index (Phi) is 6.87. The molecular formula is C15H24N2O3. The fourth-order valence-electron chi connectivity index (χ4n) is 1.84. The van der Waals surface area contributed by atoms with Crippen molar-refractivity contribution in [1.82, 2.24) is 10.2 Å². The van der Waals surface area contributed by atoms with E-state index in [9.17, 15) is 4.79 Å². The number of carbonyl (C=O) groups excluding carboxylic acids is 1. The van der Waals surface area contributed by atoms with E-state index in [2.05, 4.69) is 5.32 Å². The number of rotatable bonds is 8. The van der Waals surface area contributed by atoms with Gasteiger partial charge in [-0.1, -0.05) is 12.1 Å². The summed E-state index contributed by atoms with van der Waals surface area (Å²) < 4.78 is 11.1. The zero-order valence-corrected chi connectivity index (χ0v) is 12.7. The van der Waals surface area contributed by atoms with E-state index in [1.165, 1.54) is 0 Å². The number of carbonyl (C=O) groups is 1. The summed E-state index contributed by atoms with van der Waals surface area (Å²) in [4.78, 5) is 13.1. The van der Waals surface area contributed by atoms with Gasteiger partial charge in [0, 0.05) is 32.6 Å². The van der Waals surface area contributed by atoms with Crippen LogP contribution in [0.4, 0.5) is 0 Å². The van der Waals surface area contributed by atoms with E-state index in [-0.39, 0.29) is 5.91 Å². The minimum absolute atomic E-state index is 0.115. The van der Waals surface area contributed by atoms with Gasteiger partial charge < -0.3 is 19.7 Å². The van der Waals surface area contributed by atoms with E-state index < -0.39 is 0 Å². The Morgan fingerprint density at radius 1 is 1.35 bits per heavy atom.